The molecule has 2 aliphatic rings. The van der Waals surface area contributed by atoms with E-state index in [2.05, 4.69) is 17.9 Å². The van der Waals surface area contributed by atoms with Gasteiger partial charge in [-0.3, -0.25) is 9.69 Å². The smallest absolute Gasteiger partial charge is 0.240 e. The summed E-state index contributed by atoms with van der Waals surface area (Å²) in [5.41, 5.74) is 2.02. The molecule has 0 aromatic heterocycles. The van der Waals surface area contributed by atoms with Crippen molar-refractivity contribution in [3.8, 4) is 0 Å². The molecule has 1 saturated heterocycles. The van der Waals surface area contributed by atoms with Gasteiger partial charge in [-0.15, -0.1) is 0 Å². The van der Waals surface area contributed by atoms with E-state index >= 15 is 0 Å². The van der Waals surface area contributed by atoms with E-state index in [1.165, 1.54) is 9.71 Å². The number of benzene rings is 1. The zero-order valence-corrected chi connectivity index (χ0v) is 18.0. The summed E-state index contributed by atoms with van der Waals surface area (Å²) in [4.78, 5) is 16.8. The highest BCUT2D eigenvalue weighted by molar-refractivity contribution is 7.92. The fourth-order valence-electron chi connectivity index (χ4n) is 3.78. The Morgan fingerprint density at radius 2 is 1.86 bits per heavy atom. The molecule has 6 nitrogen and oxygen atoms in total. The van der Waals surface area contributed by atoms with Crippen LogP contribution in [0.3, 0.4) is 0 Å². The molecule has 158 valence electrons. The number of carbonyl (C=O) groups is 1. The lowest BCUT2D eigenvalue weighted by molar-refractivity contribution is -0.130. The van der Waals surface area contributed by atoms with Gasteiger partial charge in [-0.1, -0.05) is 43.3 Å². The summed E-state index contributed by atoms with van der Waals surface area (Å²) in [6.07, 6.45) is 7.89. The molecule has 29 heavy (non-hydrogen) atoms. The zero-order chi connectivity index (χ0) is 20.7. The Balaban J connectivity index is 1.53. The predicted octanol–water partition coefficient (Wildman–Crippen LogP) is 2.91. The van der Waals surface area contributed by atoms with Crippen LogP contribution in [0.5, 0.6) is 0 Å². The second-order valence-corrected chi connectivity index (χ2v) is 9.39. The maximum atomic E-state index is 12.8. The molecule has 7 heteroatoms. The van der Waals surface area contributed by atoms with Crippen LogP contribution in [0.4, 0.5) is 0 Å². The molecule has 3 rings (SSSR count). The van der Waals surface area contributed by atoms with Gasteiger partial charge in [0.2, 0.25) is 15.9 Å². The molecule has 1 amide bonds. The summed E-state index contributed by atoms with van der Waals surface area (Å²) >= 11 is 0. The average Bonchev–Trinajstić information content (AvgIpc) is 3.26. The maximum absolute atomic E-state index is 12.8. The van der Waals surface area contributed by atoms with Crippen molar-refractivity contribution >= 4 is 22.0 Å². The van der Waals surface area contributed by atoms with Crippen LogP contribution >= 0.6 is 0 Å². The molecule has 1 heterocycles. The Labute approximate surface area is 174 Å². The van der Waals surface area contributed by atoms with Gasteiger partial charge in [0.15, 0.2) is 0 Å². The molecule has 1 aliphatic heterocycles. The van der Waals surface area contributed by atoms with Crippen LogP contribution in [0.15, 0.2) is 47.5 Å². The third-order valence-corrected chi connectivity index (χ3v) is 6.96. The minimum atomic E-state index is -3.45. The van der Waals surface area contributed by atoms with Crippen molar-refractivity contribution in [3.05, 3.63) is 53.1 Å². The molecule has 1 aromatic rings. The van der Waals surface area contributed by atoms with Gasteiger partial charge in [-0.05, 0) is 37.3 Å². The maximum Gasteiger partial charge on any atom is 0.240 e. The fourth-order valence-corrected chi connectivity index (χ4v) is 4.96. The number of sulfonamides is 1. The molecule has 0 spiro atoms. The topological polar surface area (TPSA) is 60.9 Å². The van der Waals surface area contributed by atoms with E-state index in [4.69, 9.17) is 0 Å². The summed E-state index contributed by atoms with van der Waals surface area (Å²) in [5, 5.41) is 1.28. The van der Waals surface area contributed by atoms with Crippen LogP contribution in [0, 0.1) is 0 Å². The van der Waals surface area contributed by atoms with Crippen molar-refractivity contribution in [1.82, 2.24) is 14.1 Å². The summed E-state index contributed by atoms with van der Waals surface area (Å²) in [5.74, 6) is 0.125. The predicted molar refractivity (Wildman–Crippen MR) is 116 cm³/mol. The molecule has 1 aliphatic carbocycles. The minimum absolute atomic E-state index is 0.125. The fraction of sp³-hybridized carbons (Fsp3) is 0.500. The standard InChI is InChI=1S/C22H31N3O3S/c1-2-13-25(21-10-6-7-11-21)22(26)19-23-14-16-24(17-15-23)29(27,28)18-12-20-8-4-3-5-9-20/h3-5,8-10,12,18H,2,6-7,11,13-17,19H2,1H3/b18-12+. The second-order valence-electron chi connectivity index (χ2n) is 7.57. The SMILES string of the molecule is CCCN(C(=O)CN1CCN(S(=O)(=O)/C=C/c2ccccc2)CC1)C1=CCCC1. The van der Waals surface area contributed by atoms with Crippen molar-refractivity contribution in [2.24, 2.45) is 0 Å². The third kappa shape index (κ3) is 6.01. The molecule has 0 saturated carbocycles. The summed E-state index contributed by atoms with van der Waals surface area (Å²) < 4.78 is 26.7. The van der Waals surface area contributed by atoms with E-state index in [-0.39, 0.29) is 5.91 Å². The van der Waals surface area contributed by atoms with Crippen molar-refractivity contribution in [2.75, 3.05) is 39.3 Å². The largest absolute Gasteiger partial charge is 0.315 e. The normalized spacial score (nSPS) is 18.9. The van der Waals surface area contributed by atoms with Crippen LogP contribution in [0.1, 0.15) is 38.2 Å². The highest BCUT2D eigenvalue weighted by Gasteiger charge is 2.28. The molecule has 1 fully saturated rings. The van der Waals surface area contributed by atoms with Gasteiger partial charge in [-0.25, -0.2) is 8.42 Å². The Hall–Kier alpha value is -1.96. The quantitative estimate of drug-likeness (QED) is 0.653. The van der Waals surface area contributed by atoms with Gasteiger partial charge < -0.3 is 4.90 Å². The lowest BCUT2D eigenvalue weighted by atomic mass is 10.2. The average molecular weight is 418 g/mol. The Bertz CT molecular complexity index is 841. The Morgan fingerprint density at radius 1 is 1.14 bits per heavy atom. The molecule has 0 unspecified atom stereocenters. The summed E-state index contributed by atoms with van der Waals surface area (Å²) in [6, 6.07) is 9.41. The lowest BCUT2D eigenvalue weighted by Gasteiger charge is -2.34. The summed E-state index contributed by atoms with van der Waals surface area (Å²) in [6.45, 7) is 5.15. The van der Waals surface area contributed by atoms with Crippen molar-refractivity contribution in [3.63, 3.8) is 0 Å². The van der Waals surface area contributed by atoms with E-state index in [1.807, 2.05) is 35.2 Å². The van der Waals surface area contributed by atoms with E-state index in [1.54, 1.807) is 6.08 Å². The first-order valence-corrected chi connectivity index (χ1v) is 11.9. The van der Waals surface area contributed by atoms with Crippen LogP contribution in [0.2, 0.25) is 0 Å². The van der Waals surface area contributed by atoms with Gasteiger partial charge in [0, 0.05) is 43.8 Å². The number of hydrogen-bond donors (Lipinski definition) is 0. The summed E-state index contributed by atoms with van der Waals surface area (Å²) in [7, 11) is -3.45. The first-order chi connectivity index (χ1) is 14.0. The number of rotatable bonds is 8. The van der Waals surface area contributed by atoms with E-state index in [0.29, 0.717) is 32.7 Å². The van der Waals surface area contributed by atoms with E-state index in [0.717, 1.165) is 43.5 Å². The molecular formula is C22H31N3O3S. The number of nitrogens with zero attached hydrogens (tertiary/aromatic N) is 3. The molecular weight excluding hydrogens is 386 g/mol. The van der Waals surface area contributed by atoms with Crippen molar-refractivity contribution in [2.45, 2.75) is 32.6 Å². The highest BCUT2D eigenvalue weighted by atomic mass is 32.2. The number of carbonyl (C=O) groups excluding carboxylic acids is 1. The lowest BCUT2D eigenvalue weighted by Crippen LogP contribution is -2.51. The molecule has 0 N–H and O–H groups in total. The number of amides is 1. The van der Waals surface area contributed by atoms with E-state index in [9.17, 15) is 13.2 Å². The van der Waals surface area contributed by atoms with Crippen LogP contribution < -0.4 is 0 Å². The number of hydrogen-bond acceptors (Lipinski definition) is 4. The highest BCUT2D eigenvalue weighted by Crippen LogP contribution is 2.22. The monoisotopic (exact) mass is 417 g/mol. The van der Waals surface area contributed by atoms with Crippen LogP contribution in [-0.2, 0) is 14.8 Å². The van der Waals surface area contributed by atoms with Gasteiger partial charge in [0.05, 0.1) is 6.54 Å². The zero-order valence-electron chi connectivity index (χ0n) is 17.2. The van der Waals surface area contributed by atoms with Gasteiger partial charge in [0.1, 0.15) is 0 Å². The van der Waals surface area contributed by atoms with Crippen molar-refractivity contribution in [1.29, 1.82) is 0 Å². The Kier molecular flexibility index (Phi) is 7.64. The molecule has 0 radical (unpaired) electrons. The second kappa shape index (κ2) is 10.2. The first kappa shape index (κ1) is 21.7. The van der Waals surface area contributed by atoms with Crippen LogP contribution in [-0.4, -0.2) is 67.7 Å². The van der Waals surface area contributed by atoms with Gasteiger partial charge in [-0.2, -0.15) is 4.31 Å². The Morgan fingerprint density at radius 3 is 2.48 bits per heavy atom. The van der Waals surface area contributed by atoms with Gasteiger partial charge >= 0.3 is 0 Å². The number of piperazine rings is 1. The molecule has 1 aromatic carbocycles. The first-order valence-electron chi connectivity index (χ1n) is 10.4. The minimum Gasteiger partial charge on any atom is -0.315 e. The van der Waals surface area contributed by atoms with Crippen LogP contribution in [0.25, 0.3) is 6.08 Å². The molecule has 0 bridgehead atoms. The van der Waals surface area contributed by atoms with E-state index < -0.39 is 10.0 Å². The molecule has 0 atom stereocenters. The van der Waals surface area contributed by atoms with Crippen molar-refractivity contribution < 1.29 is 13.2 Å². The third-order valence-electron chi connectivity index (χ3n) is 5.39. The number of allylic oxidation sites excluding steroid dienone is 2. The van der Waals surface area contributed by atoms with Gasteiger partial charge in [0.25, 0.3) is 0 Å².